The predicted octanol–water partition coefficient (Wildman–Crippen LogP) is 5.49. The Kier molecular flexibility index (Phi) is 7.95. The molecule has 1 saturated heterocycles. The van der Waals surface area contributed by atoms with E-state index in [1.165, 1.54) is 19.9 Å². The van der Waals surface area contributed by atoms with E-state index < -0.39 is 41.1 Å². The second-order valence-corrected chi connectivity index (χ2v) is 10.6. The maximum atomic E-state index is 17.0. The zero-order valence-electron chi connectivity index (χ0n) is 22.2. The van der Waals surface area contributed by atoms with Crippen LogP contribution < -0.4 is 5.32 Å². The molecule has 3 rings (SSSR count). The molecule has 2 atom stereocenters. The number of cyclic esters (lactones) is 1. The van der Waals surface area contributed by atoms with Crippen LogP contribution in [0, 0.1) is 5.41 Å². The summed E-state index contributed by atoms with van der Waals surface area (Å²) in [4.78, 5) is 52.5. The summed E-state index contributed by atoms with van der Waals surface area (Å²) in [5.74, 6) is -2.57. The van der Waals surface area contributed by atoms with Gasteiger partial charge in [-0.2, -0.15) is 0 Å². The van der Waals surface area contributed by atoms with E-state index in [4.69, 9.17) is 9.47 Å². The van der Waals surface area contributed by atoms with Crippen LogP contribution in [0.1, 0.15) is 66.0 Å². The zero-order chi connectivity index (χ0) is 27.6. The molecule has 0 bridgehead atoms. The van der Waals surface area contributed by atoms with Gasteiger partial charge in [-0.15, -0.1) is 0 Å². The van der Waals surface area contributed by atoms with Gasteiger partial charge in [-0.3, -0.25) is 9.59 Å². The van der Waals surface area contributed by atoms with Crippen molar-refractivity contribution in [1.29, 1.82) is 0 Å². The number of alkyl halides is 1. The fourth-order valence-corrected chi connectivity index (χ4v) is 4.27. The Morgan fingerprint density at radius 2 is 1.76 bits per heavy atom. The van der Waals surface area contributed by atoms with E-state index in [1.807, 2.05) is 32.9 Å². The average Bonchev–Trinajstić information content (AvgIpc) is 3.16. The molecule has 0 saturated carbocycles. The summed E-state index contributed by atoms with van der Waals surface area (Å²) in [6.07, 6.45) is -0.545. The first-order chi connectivity index (χ1) is 17.3. The topological polar surface area (TPSA) is 102 Å². The minimum Gasteiger partial charge on any atom is -0.449 e. The number of nitrogens with zero attached hydrogens (tertiary/aromatic N) is 1. The number of rotatable bonds is 9. The standard InChI is InChI=1S/C28H35FN2O6/c1-7-27(6,8-2)17-36-24(34)30-22(21-14-13-19-11-9-10-12-20(19)15-21)28(29,18(3)32)23(33)31-25(35)37-16-26(31,4)5/h9-15,22H,7-8,16-17H2,1-6H3,(H,30,34)/t22-,28+/m1/s1. The molecule has 1 fully saturated rings. The molecule has 0 aliphatic carbocycles. The lowest BCUT2D eigenvalue weighted by Gasteiger charge is -2.36. The largest absolute Gasteiger partial charge is 0.449 e. The fourth-order valence-electron chi connectivity index (χ4n) is 4.27. The number of benzene rings is 2. The first kappa shape index (κ1) is 28.1. The SMILES string of the molecule is CCC(C)(CC)COC(=O)N[C@H](c1ccc2ccccc2c1)[C@@](F)(C(C)=O)C(=O)N1C(=O)OCC1(C)C. The smallest absolute Gasteiger partial charge is 0.417 e. The van der Waals surface area contributed by atoms with Crippen LogP contribution in [0.25, 0.3) is 10.8 Å². The summed E-state index contributed by atoms with van der Waals surface area (Å²) in [6.45, 7) is 9.78. The van der Waals surface area contributed by atoms with Crippen molar-refractivity contribution in [2.24, 2.45) is 5.41 Å². The van der Waals surface area contributed by atoms with Crippen molar-refractivity contribution in [2.45, 2.75) is 71.6 Å². The van der Waals surface area contributed by atoms with Gasteiger partial charge in [0, 0.05) is 5.41 Å². The number of ether oxygens (including phenoxy) is 2. The molecule has 2 aromatic rings. The second kappa shape index (κ2) is 10.5. The van der Waals surface area contributed by atoms with Crippen LogP contribution in [0.3, 0.4) is 0 Å². The molecular weight excluding hydrogens is 479 g/mol. The van der Waals surface area contributed by atoms with Gasteiger partial charge in [-0.25, -0.2) is 18.9 Å². The fraction of sp³-hybridized carbons (Fsp3) is 0.500. The van der Waals surface area contributed by atoms with E-state index in [9.17, 15) is 19.2 Å². The highest BCUT2D eigenvalue weighted by atomic mass is 19.1. The highest BCUT2D eigenvalue weighted by molar-refractivity contribution is 6.14. The van der Waals surface area contributed by atoms with Crippen LogP contribution in [0.2, 0.25) is 0 Å². The van der Waals surface area contributed by atoms with Crippen LogP contribution >= 0.6 is 0 Å². The molecule has 0 unspecified atom stereocenters. The molecule has 1 heterocycles. The summed E-state index contributed by atoms with van der Waals surface area (Å²) in [7, 11) is 0. The van der Waals surface area contributed by atoms with Gasteiger partial charge in [0.1, 0.15) is 12.6 Å². The van der Waals surface area contributed by atoms with Gasteiger partial charge in [0.25, 0.3) is 11.6 Å². The van der Waals surface area contributed by atoms with Crippen LogP contribution in [-0.4, -0.2) is 53.2 Å². The molecule has 3 amide bonds. The lowest BCUT2D eigenvalue weighted by atomic mass is 9.84. The second-order valence-electron chi connectivity index (χ2n) is 10.6. The van der Waals surface area contributed by atoms with Crippen LogP contribution in [-0.2, 0) is 19.1 Å². The highest BCUT2D eigenvalue weighted by Crippen LogP contribution is 2.38. The number of ketones is 1. The Labute approximate surface area is 216 Å². The number of hydrogen-bond acceptors (Lipinski definition) is 6. The number of amides is 3. The number of nitrogens with one attached hydrogen (secondary N) is 1. The minimum atomic E-state index is -3.32. The number of Topliss-reactive ketones (excluding diaryl/α,β-unsaturated/α-hetero) is 1. The molecule has 0 spiro atoms. The van der Waals surface area contributed by atoms with Crippen molar-refractivity contribution in [2.75, 3.05) is 13.2 Å². The van der Waals surface area contributed by atoms with E-state index in [0.29, 0.717) is 10.3 Å². The average molecular weight is 515 g/mol. The van der Waals surface area contributed by atoms with Gasteiger partial charge in [-0.05, 0) is 56.0 Å². The predicted molar refractivity (Wildman–Crippen MR) is 137 cm³/mol. The van der Waals surface area contributed by atoms with E-state index in [0.717, 1.165) is 25.2 Å². The Balaban J connectivity index is 2.08. The zero-order valence-corrected chi connectivity index (χ0v) is 22.2. The van der Waals surface area contributed by atoms with Gasteiger partial charge in [-0.1, -0.05) is 57.2 Å². The molecule has 9 heteroatoms. The van der Waals surface area contributed by atoms with Gasteiger partial charge < -0.3 is 14.8 Å². The Hall–Kier alpha value is -3.49. The van der Waals surface area contributed by atoms with E-state index in [2.05, 4.69) is 5.32 Å². The van der Waals surface area contributed by atoms with Crippen molar-refractivity contribution in [3.8, 4) is 0 Å². The Bertz CT molecular complexity index is 1210. The number of fused-ring (bicyclic) bond motifs is 1. The van der Waals surface area contributed by atoms with Crippen molar-refractivity contribution in [1.82, 2.24) is 10.2 Å². The van der Waals surface area contributed by atoms with Gasteiger partial charge in [0.15, 0.2) is 5.78 Å². The van der Waals surface area contributed by atoms with E-state index in [1.54, 1.807) is 24.3 Å². The molecule has 1 N–H and O–H groups in total. The number of hydrogen-bond donors (Lipinski definition) is 1. The number of carbonyl (C=O) groups excluding carboxylic acids is 4. The van der Waals surface area contributed by atoms with Crippen LogP contribution in [0.15, 0.2) is 42.5 Å². The van der Waals surface area contributed by atoms with Crippen molar-refractivity contribution >= 4 is 34.6 Å². The summed E-state index contributed by atoms with van der Waals surface area (Å²) in [5, 5.41) is 3.99. The summed E-state index contributed by atoms with van der Waals surface area (Å²) in [5.41, 5.74) is -4.64. The monoisotopic (exact) mass is 514 g/mol. The summed E-state index contributed by atoms with van der Waals surface area (Å²) >= 11 is 0. The van der Waals surface area contributed by atoms with E-state index in [-0.39, 0.29) is 24.2 Å². The van der Waals surface area contributed by atoms with Crippen LogP contribution in [0.5, 0.6) is 0 Å². The normalized spacial score (nSPS) is 17.6. The molecule has 0 aromatic heterocycles. The molecule has 37 heavy (non-hydrogen) atoms. The first-order valence-corrected chi connectivity index (χ1v) is 12.4. The lowest BCUT2D eigenvalue weighted by molar-refractivity contribution is -0.153. The summed E-state index contributed by atoms with van der Waals surface area (Å²) < 4.78 is 27.4. The number of imide groups is 1. The number of halogens is 1. The number of carbonyl (C=O) groups is 4. The molecule has 200 valence electrons. The highest BCUT2D eigenvalue weighted by Gasteiger charge is 2.59. The van der Waals surface area contributed by atoms with Gasteiger partial charge >= 0.3 is 12.2 Å². The molecule has 2 aromatic carbocycles. The van der Waals surface area contributed by atoms with Crippen molar-refractivity contribution in [3.05, 3.63) is 48.0 Å². The van der Waals surface area contributed by atoms with Crippen molar-refractivity contribution in [3.63, 3.8) is 0 Å². The maximum absolute atomic E-state index is 17.0. The van der Waals surface area contributed by atoms with Crippen molar-refractivity contribution < 1.29 is 33.0 Å². The summed E-state index contributed by atoms with van der Waals surface area (Å²) in [6, 6.07) is 10.3. The third-order valence-electron chi connectivity index (χ3n) is 7.39. The van der Waals surface area contributed by atoms with Gasteiger partial charge in [0.2, 0.25) is 0 Å². The molecular formula is C28H35FN2O6. The molecule has 8 nitrogen and oxygen atoms in total. The Morgan fingerprint density at radius 3 is 2.30 bits per heavy atom. The van der Waals surface area contributed by atoms with E-state index >= 15 is 4.39 Å². The maximum Gasteiger partial charge on any atom is 0.417 e. The molecule has 1 aliphatic heterocycles. The first-order valence-electron chi connectivity index (χ1n) is 12.4. The quantitative estimate of drug-likeness (QED) is 0.444. The molecule has 1 aliphatic rings. The Morgan fingerprint density at radius 1 is 1.14 bits per heavy atom. The lowest BCUT2D eigenvalue weighted by Crippen LogP contribution is -2.61. The minimum absolute atomic E-state index is 0.0645. The van der Waals surface area contributed by atoms with Crippen LogP contribution in [0.4, 0.5) is 14.0 Å². The number of alkyl carbamates (subject to hydrolysis) is 1. The third-order valence-corrected chi connectivity index (χ3v) is 7.39. The molecule has 0 radical (unpaired) electrons. The third kappa shape index (κ3) is 5.45. The van der Waals surface area contributed by atoms with Gasteiger partial charge in [0.05, 0.1) is 12.1 Å².